The highest BCUT2D eigenvalue weighted by atomic mass is 35.5. The number of methoxy groups -OCH3 is 1. The standard InChI is InChI=1S/C16H16ClN3O2S2/c1-22-13(21)7-9-20-15(11-5-6-12(17)24-11)14(19-16(20)23)10-4-2-3-8-18-10/h2-6,8,14-15H,7,9H2,1H3,(H,19,23)/t14-,15+/m1/s1. The van der Waals surface area contributed by atoms with Crippen LogP contribution in [-0.2, 0) is 9.53 Å². The molecule has 1 N–H and O–H groups in total. The summed E-state index contributed by atoms with van der Waals surface area (Å²) in [5, 5.41) is 3.93. The quantitative estimate of drug-likeness (QED) is 0.633. The van der Waals surface area contributed by atoms with Crippen molar-refractivity contribution < 1.29 is 9.53 Å². The fourth-order valence-corrected chi connectivity index (χ4v) is 4.30. The first-order valence-electron chi connectivity index (χ1n) is 7.40. The third-order valence-electron chi connectivity index (χ3n) is 3.87. The van der Waals surface area contributed by atoms with Gasteiger partial charge >= 0.3 is 5.97 Å². The molecule has 1 aliphatic rings. The van der Waals surface area contributed by atoms with Gasteiger partial charge in [-0.25, -0.2) is 0 Å². The first-order chi connectivity index (χ1) is 11.6. The molecule has 0 bridgehead atoms. The van der Waals surface area contributed by atoms with Gasteiger partial charge in [-0.05, 0) is 36.5 Å². The van der Waals surface area contributed by atoms with Crippen LogP contribution >= 0.6 is 35.2 Å². The molecule has 0 unspecified atom stereocenters. The summed E-state index contributed by atoms with van der Waals surface area (Å²) in [7, 11) is 1.39. The van der Waals surface area contributed by atoms with E-state index in [-0.39, 0.29) is 24.5 Å². The Morgan fingerprint density at radius 3 is 2.92 bits per heavy atom. The Morgan fingerprint density at radius 1 is 1.46 bits per heavy atom. The average molecular weight is 382 g/mol. The Morgan fingerprint density at radius 2 is 2.29 bits per heavy atom. The van der Waals surface area contributed by atoms with Crippen LogP contribution in [-0.4, -0.2) is 34.6 Å². The van der Waals surface area contributed by atoms with Crippen molar-refractivity contribution in [3.8, 4) is 0 Å². The van der Waals surface area contributed by atoms with Crippen molar-refractivity contribution >= 4 is 46.2 Å². The molecule has 126 valence electrons. The summed E-state index contributed by atoms with van der Waals surface area (Å²) in [5.41, 5.74) is 0.898. The number of ether oxygens (including phenoxy) is 1. The molecule has 2 aromatic rings. The third kappa shape index (κ3) is 3.53. The highest BCUT2D eigenvalue weighted by molar-refractivity contribution is 7.80. The molecule has 8 heteroatoms. The van der Waals surface area contributed by atoms with Crippen LogP contribution in [0.15, 0.2) is 36.5 Å². The largest absolute Gasteiger partial charge is 0.469 e. The number of hydrogen-bond acceptors (Lipinski definition) is 5. The molecule has 3 rings (SSSR count). The van der Waals surface area contributed by atoms with Gasteiger partial charge in [0.05, 0.1) is 35.6 Å². The van der Waals surface area contributed by atoms with Crippen molar-refractivity contribution in [3.63, 3.8) is 0 Å². The second kappa shape index (κ2) is 7.46. The van der Waals surface area contributed by atoms with E-state index in [0.29, 0.717) is 11.7 Å². The molecule has 0 amide bonds. The van der Waals surface area contributed by atoms with Crippen LogP contribution in [0.1, 0.15) is 29.1 Å². The molecule has 5 nitrogen and oxygen atoms in total. The summed E-state index contributed by atoms with van der Waals surface area (Å²) >= 11 is 13.1. The van der Waals surface area contributed by atoms with E-state index in [1.54, 1.807) is 6.20 Å². The van der Waals surface area contributed by atoms with Gasteiger partial charge in [0.25, 0.3) is 0 Å². The summed E-state index contributed by atoms with van der Waals surface area (Å²) < 4.78 is 5.46. The average Bonchev–Trinajstić information content (AvgIpc) is 3.16. The highest BCUT2D eigenvalue weighted by Gasteiger charge is 2.40. The van der Waals surface area contributed by atoms with Crippen LogP contribution in [0.4, 0.5) is 0 Å². The maximum atomic E-state index is 11.5. The maximum Gasteiger partial charge on any atom is 0.307 e. The third-order valence-corrected chi connectivity index (χ3v) is 5.52. The van der Waals surface area contributed by atoms with Crippen molar-refractivity contribution in [1.82, 2.24) is 15.2 Å². The Kier molecular flexibility index (Phi) is 5.33. The Balaban J connectivity index is 1.92. The number of carbonyl (C=O) groups excluding carboxylic acids is 1. The number of thiophene rings is 1. The SMILES string of the molecule is COC(=O)CCN1C(=S)N[C@H](c2ccccn2)[C@@H]1c1ccc(Cl)s1. The van der Waals surface area contributed by atoms with Gasteiger partial charge in [-0.15, -0.1) is 11.3 Å². The smallest absolute Gasteiger partial charge is 0.307 e. The van der Waals surface area contributed by atoms with Crippen LogP contribution < -0.4 is 5.32 Å². The molecule has 1 saturated heterocycles. The van der Waals surface area contributed by atoms with Gasteiger partial charge < -0.3 is 15.0 Å². The molecule has 0 spiro atoms. The molecule has 24 heavy (non-hydrogen) atoms. The maximum absolute atomic E-state index is 11.5. The van der Waals surface area contributed by atoms with E-state index in [1.807, 2.05) is 35.2 Å². The number of rotatable bonds is 5. The lowest BCUT2D eigenvalue weighted by atomic mass is 10.0. The molecule has 3 heterocycles. The minimum absolute atomic E-state index is 0.0606. The predicted molar refractivity (Wildman–Crippen MR) is 98.1 cm³/mol. The van der Waals surface area contributed by atoms with E-state index in [1.165, 1.54) is 18.4 Å². The highest BCUT2D eigenvalue weighted by Crippen LogP contribution is 2.42. The van der Waals surface area contributed by atoms with Crippen molar-refractivity contribution in [3.05, 3.63) is 51.4 Å². The summed E-state index contributed by atoms with van der Waals surface area (Å²) in [6, 6.07) is 9.50. The number of nitrogens with one attached hydrogen (secondary N) is 1. The molecular formula is C16H16ClN3O2S2. The first kappa shape index (κ1) is 17.1. The molecule has 1 aliphatic heterocycles. The van der Waals surface area contributed by atoms with E-state index < -0.39 is 0 Å². The van der Waals surface area contributed by atoms with Crippen LogP contribution in [0.3, 0.4) is 0 Å². The number of carbonyl (C=O) groups is 1. The summed E-state index contributed by atoms with van der Waals surface area (Å²) in [6.07, 6.45) is 2.03. The number of esters is 1. The molecule has 2 atom stereocenters. The fourth-order valence-electron chi connectivity index (χ4n) is 2.76. The van der Waals surface area contributed by atoms with Gasteiger partial charge in [-0.3, -0.25) is 9.78 Å². The molecule has 0 aliphatic carbocycles. The van der Waals surface area contributed by atoms with Crippen LogP contribution in [0.2, 0.25) is 4.34 Å². The minimum Gasteiger partial charge on any atom is -0.469 e. The number of pyridine rings is 1. The van der Waals surface area contributed by atoms with E-state index in [0.717, 1.165) is 14.9 Å². The zero-order valence-corrected chi connectivity index (χ0v) is 15.3. The van der Waals surface area contributed by atoms with Gasteiger partial charge in [0, 0.05) is 17.6 Å². The van der Waals surface area contributed by atoms with Crippen molar-refractivity contribution in [2.24, 2.45) is 0 Å². The lowest BCUT2D eigenvalue weighted by Crippen LogP contribution is -2.31. The van der Waals surface area contributed by atoms with Gasteiger partial charge in [-0.2, -0.15) is 0 Å². The lowest BCUT2D eigenvalue weighted by Gasteiger charge is -2.26. The monoisotopic (exact) mass is 381 g/mol. The van der Waals surface area contributed by atoms with E-state index in [2.05, 4.69) is 10.3 Å². The van der Waals surface area contributed by atoms with Crippen LogP contribution in [0.5, 0.6) is 0 Å². The fraction of sp³-hybridized carbons (Fsp3) is 0.312. The number of hydrogen-bond donors (Lipinski definition) is 1. The number of aromatic nitrogens is 1. The van der Waals surface area contributed by atoms with Crippen molar-refractivity contribution in [1.29, 1.82) is 0 Å². The molecule has 2 aromatic heterocycles. The van der Waals surface area contributed by atoms with E-state index >= 15 is 0 Å². The summed E-state index contributed by atoms with van der Waals surface area (Å²) in [6.45, 7) is 0.474. The minimum atomic E-state index is -0.262. The molecular weight excluding hydrogens is 366 g/mol. The van der Waals surface area contributed by atoms with Crippen LogP contribution in [0, 0.1) is 0 Å². The summed E-state index contributed by atoms with van der Waals surface area (Å²) in [5.74, 6) is -0.262. The number of halogens is 1. The van der Waals surface area contributed by atoms with Crippen LogP contribution in [0.25, 0.3) is 0 Å². The lowest BCUT2D eigenvalue weighted by molar-refractivity contribution is -0.140. The van der Waals surface area contributed by atoms with Gasteiger partial charge in [0.1, 0.15) is 0 Å². The van der Waals surface area contributed by atoms with Gasteiger partial charge in [0.15, 0.2) is 5.11 Å². The zero-order chi connectivity index (χ0) is 17.1. The normalized spacial score (nSPS) is 20.1. The van der Waals surface area contributed by atoms with E-state index in [9.17, 15) is 4.79 Å². The van der Waals surface area contributed by atoms with Gasteiger partial charge in [-0.1, -0.05) is 17.7 Å². The Labute approximate surface area is 154 Å². The van der Waals surface area contributed by atoms with Crippen molar-refractivity contribution in [2.45, 2.75) is 18.5 Å². The van der Waals surface area contributed by atoms with E-state index in [4.69, 9.17) is 28.6 Å². The number of nitrogens with zero attached hydrogens (tertiary/aromatic N) is 2. The first-order valence-corrected chi connectivity index (χ1v) is 9.00. The second-order valence-corrected chi connectivity index (χ2v) is 7.42. The molecule has 1 fully saturated rings. The zero-order valence-electron chi connectivity index (χ0n) is 12.9. The Bertz CT molecular complexity index is 738. The predicted octanol–water partition coefficient (Wildman–Crippen LogP) is 3.33. The molecule has 0 aromatic carbocycles. The van der Waals surface area contributed by atoms with Gasteiger partial charge in [0.2, 0.25) is 0 Å². The second-order valence-electron chi connectivity index (χ2n) is 5.29. The van der Waals surface area contributed by atoms with Crippen molar-refractivity contribution in [2.75, 3.05) is 13.7 Å². The molecule has 0 radical (unpaired) electrons. The topological polar surface area (TPSA) is 54.5 Å². The summed E-state index contributed by atoms with van der Waals surface area (Å²) in [4.78, 5) is 19.1. The number of thiocarbonyl (C=S) groups is 1. The molecule has 0 saturated carbocycles. The Hall–Kier alpha value is -1.70.